The van der Waals surface area contributed by atoms with Crippen LogP contribution in [0.25, 0.3) is 0 Å². The van der Waals surface area contributed by atoms with Gasteiger partial charge in [-0.1, -0.05) is 5.16 Å². The Morgan fingerprint density at radius 2 is 2.32 bits per heavy atom. The van der Waals surface area contributed by atoms with Crippen LogP contribution in [0.4, 0.5) is 9.52 Å². The molecule has 0 spiro atoms. The highest BCUT2D eigenvalue weighted by Gasteiger charge is 2.11. The fourth-order valence-corrected chi connectivity index (χ4v) is 2.00. The number of amides is 1. The van der Waals surface area contributed by atoms with Gasteiger partial charge in [0, 0.05) is 11.6 Å². The van der Waals surface area contributed by atoms with Crippen LogP contribution in [0.1, 0.15) is 23.0 Å². The van der Waals surface area contributed by atoms with E-state index in [4.69, 9.17) is 5.21 Å². The van der Waals surface area contributed by atoms with Gasteiger partial charge in [0.2, 0.25) is 0 Å². The molecule has 0 atom stereocenters. The van der Waals surface area contributed by atoms with E-state index >= 15 is 0 Å². The normalized spacial score (nSPS) is 11.4. The van der Waals surface area contributed by atoms with Crippen molar-refractivity contribution >= 4 is 28.1 Å². The summed E-state index contributed by atoms with van der Waals surface area (Å²) in [6.45, 7) is 1.58. The summed E-state index contributed by atoms with van der Waals surface area (Å²) in [7, 11) is 0. The zero-order valence-electron chi connectivity index (χ0n) is 9.79. The molecule has 6 nitrogen and oxygen atoms in total. The molecule has 0 aliphatic heterocycles. The Kier molecular flexibility index (Phi) is 3.81. The lowest BCUT2D eigenvalue weighted by atomic mass is 10.3. The molecule has 0 saturated heterocycles. The van der Waals surface area contributed by atoms with Crippen molar-refractivity contribution in [1.29, 1.82) is 0 Å². The van der Waals surface area contributed by atoms with E-state index in [0.29, 0.717) is 16.5 Å². The summed E-state index contributed by atoms with van der Waals surface area (Å²) < 4.78 is 12.9. The number of pyridine rings is 1. The molecule has 0 aromatic carbocycles. The molecule has 0 radical (unpaired) electrons. The van der Waals surface area contributed by atoms with E-state index in [2.05, 4.69) is 20.4 Å². The minimum Gasteiger partial charge on any atom is -0.411 e. The first-order chi connectivity index (χ1) is 9.10. The van der Waals surface area contributed by atoms with E-state index < -0.39 is 11.7 Å². The third-order valence-electron chi connectivity index (χ3n) is 2.21. The average Bonchev–Trinajstić information content (AvgIpc) is 2.86. The first-order valence-corrected chi connectivity index (χ1v) is 6.04. The van der Waals surface area contributed by atoms with E-state index in [0.717, 1.165) is 12.3 Å². The van der Waals surface area contributed by atoms with Gasteiger partial charge in [0.15, 0.2) is 5.13 Å². The number of aromatic nitrogens is 2. The lowest BCUT2D eigenvalue weighted by Gasteiger charge is -2.00. The number of thiazole rings is 1. The molecule has 2 rings (SSSR count). The van der Waals surface area contributed by atoms with Crippen LogP contribution < -0.4 is 5.32 Å². The number of carbonyl (C=O) groups is 1. The first-order valence-electron chi connectivity index (χ1n) is 5.16. The second-order valence-electron chi connectivity index (χ2n) is 3.57. The van der Waals surface area contributed by atoms with Gasteiger partial charge in [-0.25, -0.2) is 9.37 Å². The molecule has 2 aromatic heterocycles. The minimum absolute atomic E-state index is 0.101. The predicted molar refractivity (Wildman–Crippen MR) is 68.3 cm³/mol. The fraction of sp³-hybridized carbons (Fsp3) is 0.0909. The molecule has 2 aromatic rings. The molecule has 2 N–H and O–H groups in total. The molecule has 0 unspecified atom stereocenters. The Bertz CT molecular complexity index is 641. The molecule has 0 fully saturated rings. The highest BCUT2D eigenvalue weighted by molar-refractivity contribution is 7.14. The van der Waals surface area contributed by atoms with Gasteiger partial charge < -0.3 is 5.21 Å². The number of nitrogens with zero attached hydrogens (tertiary/aromatic N) is 3. The third-order valence-corrected chi connectivity index (χ3v) is 2.97. The van der Waals surface area contributed by atoms with E-state index in [1.165, 1.54) is 17.5 Å². The van der Waals surface area contributed by atoms with E-state index in [9.17, 15) is 9.18 Å². The summed E-state index contributed by atoms with van der Waals surface area (Å²) in [6, 6.07) is 1.08. The fourth-order valence-electron chi connectivity index (χ4n) is 1.25. The first kappa shape index (κ1) is 13.1. The van der Waals surface area contributed by atoms with Crippen molar-refractivity contribution in [2.24, 2.45) is 5.16 Å². The topological polar surface area (TPSA) is 87.5 Å². The predicted octanol–water partition coefficient (Wildman–Crippen LogP) is 2.13. The van der Waals surface area contributed by atoms with Crippen molar-refractivity contribution in [3.63, 3.8) is 0 Å². The van der Waals surface area contributed by atoms with Crippen molar-refractivity contribution in [2.45, 2.75) is 6.92 Å². The Labute approximate surface area is 111 Å². The third kappa shape index (κ3) is 3.10. The summed E-state index contributed by atoms with van der Waals surface area (Å²) in [5.41, 5.74) is 0.897. The van der Waals surface area contributed by atoms with Crippen molar-refractivity contribution in [2.75, 3.05) is 5.32 Å². The van der Waals surface area contributed by atoms with Crippen LogP contribution in [0.5, 0.6) is 0 Å². The monoisotopic (exact) mass is 280 g/mol. The molecule has 0 saturated carbocycles. The lowest BCUT2D eigenvalue weighted by Crippen LogP contribution is -2.12. The van der Waals surface area contributed by atoms with Crippen molar-refractivity contribution in [1.82, 2.24) is 9.97 Å². The van der Waals surface area contributed by atoms with Gasteiger partial charge in [-0.2, -0.15) is 0 Å². The maximum atomic E-state index is 12.9. The van der Waals surface area contributed by atoms with E-state index in [1.807, 2.05) is 0 Å². The van der Waals surface area contributed by atoms with Crippen molar-refractivity contribution in [3.05, 3.63) is 40.9 Å². The van der Waals surface area contributed by atoms with Gasteiger partial charge in [-0.15, -0.1) is 11.3 Å². The molecule has 1 amide bonds. The van der Waals surface area contributed by atoms with Crippen LogP contribution in [0.15, 0.2) is 29.0 Å². The summed E-state index contributed by atoms with van der Waals surface area (Å²) in [6.07, 6.45) is 2.27. The number of carbonyl (C=O) groups excluding carboxylic acids is 1. The SMILES string of the molecule is C/C(=N/O)c1csc(NC(=O)c2cncc(F)c2)n1. The van der Waals surface area contributed by atoms with Gasteiger partial charge in [-0.05, 0) is 13.0 Å². The molecule has 8 heteroatoms. The van der Waals surface area contributed by atoms with Gasteiger partial charge in [-0.3, -0.25) is 15.1 Å². The zero-order valence-corrected chi connectivity index (χ0v) is 10.6. The Hall–Kier alpha value is -2.35. The molecular formula is C11H9FN4O2S. The number of halogens is 1. The number of oxime groups is 1. The smallest absolute Gasteiger partial charge is 0.259 e. The molecule has 98 valence electrons. The summed E-state index contributed by atoms with van der Waals surface area (Å²) in [4.78, 5) is 19.4. The average molecular weight is 280 g/mol. The van der Waals surface area contributed by atoms with Gasteiger partial charge in [0.1, 0.15) is 17.2 Å². The number of hydrogen-bond donors (Lipinski definition) is 2. The Morgan fingerprint density at radius 3 is 3.00 bits per heavy atom. The molecule has 0 aliphatic rings. The number of hydrogen-bond acceptors (Lipinski definition) is 6. The summed E-state index contributed by atoms with van der Waals surface area (Å²) in [5.74, 6) is -1.10. The van der Waals surface area contributed by atoms with Crippen LogP contribution >= 0.6 is 11.3 Å². The van der Waals surface area contributed by atoms with Crippen LogP contribution in [0, 0.1) is 5.82 Å². The maximum absolute atomic E-state index is 12.9. The molecule has 0 bridgehead atoms. The highest BCUT2D eigenvalue weighted by atomic mass is 32.1. The lowest BCUT2D eigenvalue weighted by molar-refractivity contribution is 0.102. The van der Waals surface area contributed by atoms with Crippen molar-refractivity contribution < 1.29 is 14.4 Å². The zero-order chi connectivity index (χ0) is 13.8. The van der Waals surface area contributed by atoms with Crippen LogP contribution in [0.3, 0.4) is 0 Å². The number of nitrogens with one attached hydrogen (secondary N) is 1. The quantitative estimate of drug-likeness (QED) is 0.512. The summed E-state index contributed by atoms with van der Waals surface area (Å²) >= 11 is 1.17. The molecule has 0 aliphatic carbocycles. The largest absolute Gasteiger partial charge is 0.411 e. The standard InChI is InChI=1S/C11H9FN4O2S/c1-6(16-18)9-5-19-11(14-9)15-10(17)7-2-8(12)4-13-3-7/h2-5,18H,1H3,(H,14,15,17)/b16-6-. The second kappa shape index (κ2) is 5.53. The molecular weight excluding hydrogens is 271 g/mol. The highest BCUT2D eigenvalue weighted by Crippen LogP contribution is 2.17. The van der Waals surface area contributed by atoms with Gasteiger partial charge in [0.05, 0.1) is 11.8 Å². The Morgan fingerprint density at radius 1 is 1.53 bits per heavy atom. The molecule has 19 heavy (non-hydrogen) atoms. The van der Waals surface area contributed by atoms with Gasteiger partial charge in [0.25, 0.3) is 5.91 Å². The minimum atomic E-state index is -0.587. The van der Waals surface area contributed by atoms with Crippen molar-refractivity contribution in [3.8, 4) is 0 Å². The Balaban J connectivity index is 2.13. The number of anilines is 1. The van der Waals surface area contributed by atoms with Gasteiger partial charge >= 0.3 is 0 Å². The summed E-state index contributed by atoms with van der Waals surface area (Å²) in [5, 5.41) is 16.1. The van der Waals surface area contributed by atoms with Crippen LogP contribution in [-0.4, -0.2) is 26.8 Å². The van der Waals surface area contributed by atoms with E-state index in [1.54, 1.807) is 12.3 Å². The van der Waals surface area contributed by atoms with Crippen LogP contribution in [-0.2, 0) is 0 Å². The van der Waals surface area contributed by atoms with E-state index in [-0.39, 0.29) is 5.56 Å². The van der Waals surface area contributed by atoms with Crippen LogP contribution in [0.2, 0.25) is 0 Å². The molecule has 2 heterocycles. The second-order valence-corrected chi connectivity index (χ2v) is 4.43. The number of rotatable bonds is 3. The maximum Gasteiger partial charge on any atom is 0.259 e.